The number of ether oxygens (including phenoxy) is 1. The van der Waals surface area contributed by atoms with Crippen molar-refractivity contribution in [3.05, 3.63) is 70.4 Å². The van der Waals surface area contributed by atoms with Gasteiger partial charge < -0.3 is 9.84 Å². The van der Waals surface area contributed by atoms with Gasteiger partial charge in [0.25, 0.3) is 0 Å². The van der Waals surface area contributed by atoms with Crippen molar-refractivity contribution in [3.8, 4) is 22.6 Å². The maximum atomic E-state index is 14.0. The summed E-state index contributed by atoms with van der Waals surface area (Å²) < 4.78 is 20.8. The minimum atomic E-state index is -0.191. The molecule has 4 nitrogen and oxygen atoms in total. The van der Waals surface area contributed by atoms with Crippen LogP contribution in [0.15, 0.2) is 65.5 Å². The Hall–Kier alpha value is -2.96. The Morgan fingerprint density at radius 1 is 1.19 bits per heavy atom. The van der Waals surface area contributed by atoms with Crippen LogP contribution in [0.2, 0.25) is 0 Å². The van der Waals surface area contributed by atoms with Crippen molar-refractivity contribution in [2.45, 2.75) is 33.6 Å². The third-order valence-corrected chi connectivity index (χ3v) is 8.39. The van der Waals surface area contributed by atoms with E-state index >= 15 is 0 Å². The number of hydrogen-bond donors (Lipinski definition) is 1. The number of nitrogens with zero attached hydrogens (tertiary/aromatic N) is 1. The summed E-state index contributed by atoms with van der Waals surface area (Å²) in [6.45, 7) is 9.83. The molecule has 3 aromatic rings. The number of phenolic OH excluding ortho intramolecular Hbond substituents is 1. The second-order valence-corrected chi connectivity index (χ2v) is 11.2. The van der Waals surface area contributed by atoms with Crippen LogP contribution in [0.4, 0.5) is 4.39 Å². The number of benzene rings is 2. The summed E-state index contributed by atoms with van der Waals surface area (Å²) in [5.74, 6) is 1.28. The second-order valence-electron chi connectivity index (χ2n) is 10.2. The Morgan fingerprint density at radius 2 is 1.97 bits per heavy atom. The Bertz CT molecular complexity index is 1350. The van der Waals surface area contributed by atoms with Gasteiger partial charge in [-0.3, -0.25) is 9.69 Å². The number of thiophene rings is 1. The number of likely N-dealkylation sites (tertiary alicyclic amines) is 1. The van der Waals surface area contributed by atoms with Crippen molar-refractivity contribution in [3.63, 3.8) is 0 Å². The fourth-order valence-corrected chi connectivity index (χ4v) is 6.66. The number of aromatic hydroxyl groups is 1. The molecular weight excluding hydrogens is 473 g/mol. The summed E-state index contributed by atoms with van der Waals surface area (Å²) >= 11 is 1.38. The van der Waals surface area contributed by atoms with Crippen molar-refractivity contribution in [2.24, 2.45) is 11.8 Å². The van der Waals surface area contributed by atoms with Gasteiger partial charge in [-0.15, -0.1) is 11.3 Å². The second kappa shape index (κ2) is 10.2. The Morgan fingerprint density at radius 3 is 2.67 bits per heavy atom. The Kier molecular flexibility index (Phi) is 7.00. The number of fused-ring (bicyclic) bond motifs is 1. The van der Waals surface area contributed by atoms with Crippen LogP contribution < -0.4 is 4.74 Å². The van der Waals surface area contributed by atoms with E-state index in [1.54, 1.807) is 19.1 Å². The summed E-state index contributed by atoms with van der Waals surface area (Å²) in [5.41, 5.74) is 3.10. The molecule has 2 heterocycles. The predicted molar refractivity (Wildman–Crippen MR) is 145 cm³/mol. The number of Topliss-reactive ketones (excluding diaryl/α,β-unsaturated/α-hetero) is 1. The number of carbonyl (C=O) groups excluding carboxylic acids is 1. The molecule has 0 radical (unpaired) electrons. The molecule has 0 spiro atoms. The molecule has 2 atom stereocenters. The lowest BCUT2D eigenvalue weighted by atomic mass is 9.84. The molecule has 1 aromatic heterocycles. The number of rotatable bonds is 7. The van der Waals surface area contributed by atoms with Crippen LogP contribution in [0.3, 0.4) is 0 Å². The number of phenols is 1. The monoisotopic (exact) mass is 505 g/mol. The van der Waals surface area contributed by atoms with E-state index in [0.29, 0.717) is 22.6 Å². The van der Waals surface area contributed by atoms with Crippen molar-refractivity contribution >= 4 is 27.2 Å². The summed E-state index contributed by atoms with van der Waals surface area (Å²) in [6, 6.07) is 13.1. The minimum absolute atomic E-state index is 0.0698. The zero-order chi connectivity index (χ0) is 25.4. The SMILES string of the molecule is CC1=C(C(=O)c2sc3cc(O)ccc3c2-c2ccc(OCCN3CCC(C)C3)cc2)C(C)CC(F)=C1. The lowest BCUT2D eigenvalue weighted by Crippen LogP contribution is -2.25. The van der Waals surface area contributed by atoms with Gasteiger partial charge in [-0.2, -0.15) is 0 Å². The molecule has 6 heteroatoms. The highest BCUT2D eigenvalue weighted by Gasteiger charge is 2.29. The lowest BCUT2D eigenvalue weighted by Gasteiger charge is -2.21. The van der Waals surface area contributed by atoms with E-state index in [4.69, 9.17) is 4.74 Å². The normalized spacial score (nSPS) is 20.7. The summed E-state index contributed by atoms with van der Waals surface area (Å²) in [6.07, 6.45) is 2.96. The molecule has 1 fully saturated rings. The molecule has 5 rings (SSSR count). The van der Waals surface area contributed by atoms with Crippen molar-refractivity contribution < 1.29 is 19.0 Å². The van der Waals surface area contributed by atoms with Crippen LogP contribution in [0.5, 0.6) is 11.5 Å². The number of halogens is 1. The van der Waals surface area contributed by atoms with Gasteiger partial charge in [-0.25, -0.2) is 4.39 Å². The summed E-state index contributed by atoms with van der Waals surface area (Å²) in [7, 11) is 0. The van der Waals surface area contributed by atoms with Gasteiger partial charge in [0, 0.05) is 40.7 Å². The van der Waals surface area contributed by atoms with E-state index in [2.05, 4.69) is 11.8 Å². The van der Waals surface area contributed by atoms with E-state index in [1.807, 2.05) is 37.3 Å². The predicted octanol–water partition coefficient (Wildman–Crippen LogP) is 7.39. The molecule has 0 bridgehead atoms. The zero-order valence-electron chi connectivity index (χ0n) is 21.0. The standard InChI is InChI=1S/C30H32FNO3S/c1-18-10-11-32(17-18)12-13-35-24-7-4-21(5-8-24)28-25-9-6-23(33)16-26(25)36-30(28)29(34)27-19(2)14-22(31)15-20(27)3/h4-9,14,16,18,20,33H,10-13,15,17H2,1-3H3. The van der Waals surface area contributed by atoms with Gasteiger partial charge in [0.1, 0.15) is 23.9 Å². The maximum Gasteiger partial charge on any atom is 0.200 e. The quantitative estimate of drug-likeness (QED) is 0.340. The van der Waals surface area contributed by atoms with Crippen molar-refractivity contribution in [1.29, 1.82) is 0 Å². The van der Waals surface area contributed by atoms with Gasteiger partial charge in [0.2, 0.25) is 0 Å². The van der Waals surface area contributed by atoms with E-state index in [9.17, 15) is 14.3 Å². The third-order valence-electron chi connectivity index (χ3n) is 7.24. The highest BCUT2D eigenvalue weighted by atomic mass is 32.1. The average Bonchev–Trinajstić information content (AvgIpc) is 3.41. The molecule has 2 unspecified atom stereocenters. The molecular formula is C30H32FNO3S. The van der Waals surface area contributed by atoms with E-state index in [0.717, 1.165) is 52.5 Å². The summed E-state index contributed by atoms with van der Waals surface area (Å²) in [4.78, 5) is 16.9. The van der Waals surface area contributed by atoms with Gasteiger partial charge in [0.05, 0.1) is 4.88 Å². The minimum Gasteiger partial charge on any atom is -0.508 e. The van der Waals surface area contributed by atoms with E-state index < -0.39 is 0 Å². The molecule has 1 N–H and O–H groups in total. The molecule has 2 aliphatic rings. The number of hydrogen-bond acceptors (Lipinski definition) is 5. The van der Waals surface area contributed by atoms with Crippen LogP contribution >= 0.6 is 11.3 Å². The lowest BCUT2D eigenvalue weighted by molar-refractivity contribution is 0.102. The number of allylic oxidation sites excluding steroid dienone is 4. The number of ketones is 1. The van der Waals surface area contributed by atoms with Gasteiger partial charge in [0.15, 0.2) is 5.78 Å². The highest BCUT2D eigenvalue weighted by molar-refractivity contribution is 7.21. The largest absolute Gasteiger partial charge is 0.508 e. The van der Waals surface area contributed by atoms with E-state index in [-0.39, 0.29) is 29.7 Å². The third kappa shape index (κ3) is 4.97. The maximum absolute atomic E-state index is 14.0. The summed E-state index contributed by atoms with van der Waals surface area (Å²) in [5, 5.41) is 11.0. The number of carbonyl (C=O) groups is 1. The first-order valence-electron chi connectivity index (χ1n) is 12.6. The van der Waals surface area contributed by atoms with Gasteiger partial charge in [-0.05, 0) is 79.3 Å². The molecule has 2 aromatic carbocycles. The van der Waals surface area contributed by atoms with Crippen LogP contribution in [0, 0.1) is 11.8 Å². The van der Waals surface area contributed by atoms with Crippen molar-refractivity contribution in [2.75, 3.05) is 26.2 Å². The average molecular weight is 506 g/mol. The van der Waals surface area contributed by atoms with Gasteiger partial charge in [-0.1, -0.05) is 26.0 Å². The van der Waals surface area contributed by atoms with Crippen molar-refractivity contribution in [1.82, 2.24) is 4.90 Å². The Labute approximate surface area is 215 Å². The molecule has 1 saturated heterocycles. The fraction of sp³-hybridized carbons (Fsp3) is 0.367. The van der Waals surface area contributed by atoms with Gasteiger partial charge >= 0.3 is 0 Å². The molecule has 36 heavy (non-hydrogen) atoms. The van der Waals surface area contributed by atoms with Crippen LogP contribution in [-0.2, 0) is 0 Å². The molecule has 1 aliphatic heterocycles. The fourth-order valence-electron chi connectivity index (χ4n) is 5.45. The molecule has 188 valence electrons. The van der Waals surface area contributed by atoms with E-state index in [1.165, 1.54) is 23.8 Å². The van der Waals surface area contributed by atoms with Crippen LogP contribution in [0.1, 0.15) is 43.3 Å². The first kappa shape index (κ1) is 24.7. The smallest absolute Gasteiger partial charge is 0.200 e. The zero-order valence-corrected chi connectivity index (χ0v) is 21.8. The van der Waals surface area contributed by atoms with Crippen LogP contribution in [0.25, 0.3) is 21.2 Å². The highest BCUT2D eigenvalue weighted by Crippen LogP contribution is 2.43. The van der Waals surface area contributed by atoms with Crippen LogP contribution in [-0.4, -0.2) is 42.0 Å². The first-order chi connectivity index (χ1) is 17.3. The molecule has 0 saturated carbocycles. The molecule has 0 amide bonds. The first-order valence-corrected chi connectivity index (χ1v) is 13.4. The Balaban J connectivity index is 1.45. The molecule has 1 aliphatic carbocycles. The topological polar surface area (TPSA) is 49.8 Å².